The van der Waals surface area contributed by atoms with Crippen LogP contribution in [-0.2, 0) is 0 Å². The van der Waals surface area contributed by atoms with Crippen molar-refractivity contribution >= 4 is 0 Å². The third-order valence-electron chi connectivity index (χ3n) is 0.905. The maximum atomic E-state index is 11.9. The zero-order valence-electron chi connectivity index (χ0n) is 4.70. The third-order valence-corrected chi connectivity index (χ3v) is 0.905. The van der Waals surface area contributed by atoms with Gasteiger partial charge >= 0.3 is 0 Å². The van der Waals surface area contributed by atoms with E-state index in [1.807, 2.05) is 0 Å². The Morgan fingerprint density at radius 1 is 1.62 bits per heavy atom. The second kappa shape index (κ2) is 2.37. The van der Waals surface area contributed by atoms with Crippen LogP contribution < -0.4 is 11.5 Å². The molecule has 0 aliphatic heterocycles. The molecule has 0 bridgehead atoms. The van der Waals surface area contributed by atoms with Gasteiger partial charge in [0.25, 0.3) is 5.92 Å². The molecule has 0 aromatic heterocycles. The van der Waals surface area contributed by atoms with Crippen molar-refractivity contribution < 1.29 is 8.78 Å². The summed E-state index contributed by atoms with van der Waals surface area (Å²) in [4.78, 5) is 0. The monoisotopic (exact) mass is 124 g/mol. The lowest BCUT2D eigenvalue weighted by Gasteiger charge is -2.16. The first kappa shape index (κ1) is 7.78. The van der Waals surface area contributed by atoms with Crippen LogP contribution in [0.1, 0.15) is 6.92 Å². The van der Waals surface area contributed by atoms with Gasteiger partial charge in [0.05, 0.1) is 6.04 Å². The molecule has 0 saturated carbocycles. The van der Waals surface area contributed by atoms with Gasteiger partial charge in [0.1, 0.15) is 0 Å². The van der Waals surface area contributed by atoms with Crippen LogP contribution >= 0.6 is 0 Å². The van der Waals surface area contributed by atoms with Crippen LogP contribution in [-0.4, -0.2) is 18.5 Å². The number of hydrogen-bond donors (Lipinski definition) is 2. The molecule has 0 fully saturated rings. The summed E-state index contributed by atoms with van der Waals surface area (Å²) in [7, 11) is 0. The van der Waals surface area contributed by atoms with Crippen LogP contribution in [0.5, 0.6) is 0 Å². The molecule has 0 aliphatic carbocycles. The smallest absolute Gasteiger partial charge is 0.261 e. The molecule has 8 heavy (non-hydrogen) atoms. The van der Waals surface area contributed by atoms with Crippen molar-refractivity contribution in [1.82, 2.24) is 0 Å². The fourth-order valence-corrected chi connectivity index (χ4v) is 0.207. The topological polar surface area (TPSA) is 52.0 Å². The molecule has 0 radical (unpaired) electrons. The molecule has 4 heteroatoms. The van der Waals surface area contributed by atoms with E-state index in [1.165, 1.54) is 0 Å². The summed E-state index contributed by atoms with van der Waals surface area (Å²) in [6, 6.07) is -1.21. The summed E-state index contributed by atoms with van der Waals surface area (Å²) in [6.07, 6.45) is 0. The average Bonchev–Trinajstić information content (AvgIpc) is 1.62. The Morgan fingerprint density at radius 2 is 2.00 bits per heavy atom. The molecule has 0 aromatic carbocycles. The molecule has 2 nitrogen and oxygen atoms in total. The van der Waals surface area contributed by atoms with Crippen molar-refractivity contribution in [1.29, 1.82) is 0 Å². The molecule has 4 N–H and O–H groups in total. The molecule has 1 unspecified atom stereocenters. The van der Waals surface area contributed by atoms with Gasteiger partial charge in [-0.25, -0.2) is 8.78 Å². The van der Waals surface area contributed by atoms with E-state index >= 15 is 0 Å². The van der Waals surface area contributed by atoms with E-state index in [9.17, 15) is 8.78 Å². The second-order valence-corrected chi connectivity index (χ2v) is 1.80. The number of hydrogen-bond acceptors (Lipinski definition) is 2. The van der Waals surface area contributed by atoms with Gasteiger partial charge in [0.2, 0.25) is 0 Å². The van der Waals surface area contributed by atoms with E-state index in [-0.39, 0.29) is 6.54 Å². The summed E-state index contributed by atoms with van der Waals surface area (Å²) >= 11 is 0. The van der Waals surface area contributed by atoms with Crippen molar-refractivity contribution in [3.8, 4) is 0 Å². The molecule has 0 aromatic rings. The molecule has 0 rings (SSSR count). The molecule has 0 aliphatic rings. The molecule has 0 spiro atoms. The summed E-state index contributed by atoms with van der Waals surface area (Å²) in [5.74, 6) is -2.84. The summed E-state index contributed by atoms with van der Waals surface area (Å²) in [6.45, 7) is 0.577. The van der Waals surface area contributed by atoms with Crippen LogP contribution in [0.3, 0.4) is 0 Å². The van der Waals surface area contributed by atoms with E-state index in [0.717, 1.165) is 6.92 Å². The second-order valence-electron chi connectivity index (χ2n) is 1.80. The first-order valence-electron chi connectivity index (χ1n) is 2.32. The van der Waals surface area contributed by atoms with E-state index < -0.39 is 12.0 Å². The minimum absolute atomic E-state index is 0.177. The predicted octanol–water partition coefficient (Wildman–Crippen LogP) is -0.0724. The van der Waals surface area contributed by atoms with E-state index in [2.05, 4.69) is 0 Å². The molecule has 1 atom stereocenters. The molecule has 0 heterocycles. The Kier molecular flexibility index (Phi) is 2.30. The van der Waals surface area contributed by atoms with Gasteiger partial charge in [-0.05, 0) is 0 Å². The van der Waals surface area contributed by atoms with Crippen LogP contribution in [0, 0.1) is 0 Å². The molecular weight excluding hydrogens is 114 g/mol. The van der Waals surface area contributed by atoms with Gasteiger partial charge in [0.15, 0.2) is 0 Å². The van der Waals surface area contributed by atoms with Crippen LogP contribution in [0.15, 0.2) is 0 Å². The van der Waals surface area contributed by atoms with Gasteiger partial charge in [0, 0.05) is 13.5 Å². The number of nitrogens with two attached hydrogens (primary N) is 2. The van der Waals surface area contributed by atoms with Gasteiger partial charge in [-0.15, -0.1) is 0 Å². The zero-order valence-corrected chi connectivity index (χ0v) is 4.70. The number of alkyl halides is 2. The van der Waals surface area contributed by atoms with Crippen LogP contribution in [0.4, 0.5) is 8.78 Å². The summed E-state index contributed by atoms with van der Waals surface area (Å²) < 4.78 is 23.8. The number of rotatable bonds is 2. The Morgan fingerprint density at radius 3 is 2.00 bits per heavy atom. The Balaban J connectivity index is 3.62. The fourth-order valence-electron chi connectivity index (χ4n) is 0.207. The number of halogens is 2. The van der Waals surface area contributed by atoms with Crippen molar-refractivity contribution in [3.05, 3.63) is 0 Å². The summed E-state index contributed by atoms with van der Waals surface area (Å²) in [5.41, 5.74) is 9.73. The largest absolute Gasteiger partial charge is 0.329 e. The van der Waals surface area contributed by atoms with E-state index in [4.69, 9.17) is 11.5 Å². The lowest BCUT2D eigenvalue weighted by molar-refractivity contribution is -0.00238. The van der Waals surface area contributed by atoms with E-state index in [0.29, 0.717) is 0 Å². The minimum atomic E-state index is -2.84. The van der Waals surface area contributed by atoms with Gasteiger partial charge in [-0.2, -0.15) is 0 Å². The van der Waals surface area contributed by atoms with Crippen molar-refractivity contribution in [3.63, 3.8) is 0 Å². The molecular formula is C4H10F2N2. The molecule has 0 saturated heterocycles. The van der Waals surface area contributed by atoms with Crippen molar-refractivity contribution in [2.75, 3.05) is 6.54 Å². The minimum Gasteiger partial charge on any atom is -0.329 e. The Bertz CT molecular complexity index is 68.9. The maximum Gasteiger partial charge on any atom is 0.261 e. The zero-order chi connectivity index (χ0) is 6.78. The first-order valence-corrected chi connectivity index (χ1v) is 2.32. The van der Waals surface area contributed by atoms with Gasteiger partial charge in [-0.1, -0.05) is 0 Å². The highest BCUT2D eigenvalue weighted by molar-refractivity contribution is 4.75. The van der Waals surface area contributed by atoms with Crippen LogP contribution in [0.25, 0.3) is 0 Å². The average molecular weight is 124 g/mol. The van der Waals surface area contributed by atoms with Crippen molar-refractivity contribution in [2.24, 2.45) is 11.5 Å². The standard InChI is InChI=1S/C4H10F2N2/c1-4(5,6)3(8)2-7/h3H,2,7-8H2,1H3. The normalized spacial score (nSPS) is 16.1. The Labute approximate surface area is 46.8 Å². The predicted molar refractivity (Wildman–Crippen MR) is 27.7 cm³/mol. The van der Waals surface area contributed by atoms with Crippen LogP contribution in [0.2, 0.25) is 0 Å². The third kappa shape index (κ3) is 2.18. The SMILES string of the molecule is CC(F)(F)C(N)CN. The maximum absolute atomic E-state index is 11.9. The lowest BCUT2D eigenvalue weighted by atomic mass is 10.2. The fraction of sp³-hybridized carbons (Fsp3) is 1.00. The Hall–Kier alpha value is -0.220. The lowest BCUT2D eigenvalue weighted by Crippen LogP contribution is -2.44. The highest BCUT2D eigenvalue weighted by atomic mass is 19.3. The highest BCUT2D eigenvalue weighted by Gasteiger charge is 2.28. The molecule has 50 valence electrons. The van der Waals surface area contributed by atoms with Gasteiger partial charge < -0.3 is 11.5 Å². The van der Waals surface area contributed by atoms with Gasteiger partial charge in [-0.3, -0.25) is 0 Å². The first-order chi connectivity index (χ1) is 3.48. The quantitative estimate of drug-likeness (QED) is 0.541. The van der Waals surface area contributed by atoms with Crippen molar-refractivity contribution in [2.45, 2.75) is 18.9 Å². The highest BCUT2D eigenvalue weighted by Crippen LogP contribution is 2.13. The molecule has 0 amide bonds. The summed E-state index contributed by atoms with van der Waals surface area (Å²) in [5, 5.41) is 0. The van der Waals surface area contributed by atoms with E-state index in [1.54, 1.807) is 0 Å².